The van der Waals surface area contributed by atoms with Gasteiger partial charge in [0.05, 0.1) is 12.2 Å². The maximum atomic E-state index is 14.8. The highest BCUT2D eigenvalue weighted by atomic mass is 35.5. The van der Waals surface area contributed by atoms with Crippen LogP contribution in [0.15, 0.2) is 12.1 Å². The van der Waals surface area contributed by atoms with Gasteiger partial charge < -0.3 is 4.74 Å². The third-order valence-corrected chi connectivity index (χ3v) is 8.69. The topological polar surface area (TPSA) is 59.4 Å². The number of ether oxygens (including phenoxy) is 1. The van der Waals surface area contributed by atoms with Gasteiger partial charge in [-0.15, -0.1) is 0 Å². The molecule has 5 rings (SSSR count). The summed E-state index contributed by atoms with van der Waals surface area (Å²) in [5, 5.41) is 3.98. The van der Waals surface area contributed by atoms with Crippen molar-refractivity contribution in [2.75, 3.05) is 19.7 Å². The standard InChI is InChI=1S/C25H29ClF4N4O2S/c1-33-23(26)19(22(31-33)25(28,29)30)12-34-8-6-14(7-9-34)13-36-21-11-20(27)18(10-17(21)15-2-3-15)24(35)32-37-16-4-5-16/h10-11,14-16H,2-9,12-13H2,1H3,(H,32,35). The summed E-state index contributed by atoms with van der Waals surface area (Å²) in [6.45, 7) is 1.66. The predicted molar refractivity (Wildman–Crippen MR) is 133 cm³/mol. The number of hydrogen-bond donors (Lipinski definition) is 1. The van der Waals surface area contributed by atoms with Gasteiger partial charge in [-0.25, -0.2) is 4.39 Å². The smallest absolute Gasteiger partial charge is 0.435 e. The van der Waals surface area contributed by atoms with Crippen LogP contribution < -0.4 is 9.46 Å². The van der Waals surface area contributed by atoms with Crippen LogP contribution >= 0.6 is 23.5 Å². The Morgan fingerprint density at radius 1 is 1.19 bits per heavy atom. The van der Waals surface area contributed by atoms with Crippen molar-refractivity contribution in [1.29, 1.82) is 0 Å². The lowest BCUT2D eigenvalue weighted by atomic mass is 9.97. The SMILES string of the molecule is Cn1nc(C(F)(F)F)c(CN2CCC(COc3cc(F)c(C(=O)NSC4CC4)cc3C3CC3)CC2)c1Cl. The first-order valence-corrected chi connectivity index (χ1v) is 13.8. The normalized spacial score (nSPS) is 19.3. The highest BCUT2D eigenvalue weighted by Gasteiger charge is 2.39. The Hall–Kier alpha value is -1.98. The van der Waals surface area contributed by atoms with Crippen molar-refractivity contribution < 1.29 is 27.1 Å². The van der Waals surface area contributed by atoms with E-state index in [2.05, 4.69) is 9.82 Å². The number of rotatable bonds is 9. The fraction of sp³-hybridized carbons (Fsp3) is 0.600. The van der Waals surface area contributed by atoms with E-state index < -0.39 is 23.6 Å². The van der Waals surface area contributed by atoms with Crippen molar-refractivity contribution in [2.45, 2.75) is 62.4 Å². The largest absolute Gasteiger partial charge is 0.493 e. The number of nitrogens with zero attached hydrogens (tertiary/aromatic N) is 3. The minimum Gasteiger partial charge on any atom is -0.493 e. The summed E-state index contributed by atoms with van der Waals surface area (Å²) in [5.41, 5.74) is -0.0340. The molecule has 3 fully saturated rings. The van der Waals surface area contributed by atoms with E-state index in [9.17, 15) is 22.4 Å². The van der Waals surface area contributed by atoms with Crippen molar-refractivity contribution in [3.63, 3.8) is 0 Å². The highest BCUT2D eigenvalue weighted by Crippen LogP contribution is 2.45. The summed E-state index contributed by atoms with van der Waals surface area (Å²) in [5.74, 6) is -0.0804. The second kappa shape index (κ2) is 10.6. The zero-order valence-corrected chi connectivity index (χ0v) is 22.0. The number of hydrogen-bond acceptors (Lipinski definition) is 5. The molecule has 2 heterocycles. The maximum absolute atomic E-state index is 14.8. The van der Waals surface area contributed by atoms with Gasteiger partial charge in [0, 0.05) is 30.5 Å². The number of halogens is 5. The Morgan fingerprint density at radius 2 is 1.89 bits per heavy atom. The minimum atomic E-state index is -4.56. The molecule has 1 aromatic carbocycles. The average molecular weight is 561 g/mol. The van der Waals surface area contributed by atoms with Crippen LogP contribution in [0.25, 0.3) is 0 Å². The molecule has 1 aliphatic heterocycles. The van der Waals surface area contributed by atoms with Crippen molar-refractivity contribution in [1.82, 2.24) is 19.4 Å². The van der Waals surface area contributed by atoms with Crippen molar-refractivity contribution in [2.24, 2.45) is 13.0 Å². The second-order valence-electron chi connectivity index (χ2n) is 10.2. The molecule has 1 aromatic heterocycles. The van der Waals surface area contributed by atoms with E-state index in [-0.39, 0.29) is 34.7 Å². The Labute approximate surface area is 222 Å². The minimum absolute atomic E-state index is 0.00400. The number of amides is 1. The molecule has 0 unspecified atom stereocenters. The Morgan fingerprint density at radius 3 is 2.51 bits per heavy atom. The molecule has 0 radical (unpaired) electrons. The molecule has 0 atom stereocenters. The molecular formula is C25H29ClF4N4O2S. The summed E-state index contributed by atoms with van der Waals surface area (Å²) in [6.07, 6.45) is 1.01. The molecule has 1 N–H and O–H groups in total. The summed E-state index contributed by atoms with van der Waals surface area (Å²) in [7, 11) is 1.40. The van der Waals surface area contributed by atoms with Crippen molar-refractivity contribution >= 4 is 29.5 Å². The summed E-state index contributed by atoms with van der Waals surface area (Å²) in [4.78, 5) is 14.4. The van der Waals surface area contributed by atoms with Crippen molar-refractivity contribution in [3.05, 3.63) is 45.5 Å². The van der Waals surface area contributed by atoms with Crippen LogP contribution in [-0.4, -0.2) is 45.5 Å². The molecule has 0 spiro atoms. The lowest BCUT2D eigenvalue weighted by molar-refractivity contribution is -0.142. The van der Waals surface area contributed by atoms with E-state index in [0.717, 1.165) is 48.8 Å². The van der Waals surface area contributed by atoms with Gasteiger partial charge in [0.2, 0.25) is 0 Å². The fourth-order valence-corrected chi connectivity index (χ4v) is 5.56. The molecule has 2 aromatic rings. The number of likely N-dealkylation sites (tertiary alicyclic amines) is 1. The molecule has 37 heavy (non-hydrogen) atoms. The number of carbonyl (C=O) groups is 1. The van der Waals surface area contributed by atoms with Gasteiger partial charge in [-0.05, 0) is 87.0 Å². The average Bonchev–Trinajstić information content (AvgIpc) is 3.78. The van der Waals surface area contributed by atoms with E-state index in [0.29, 0.717) is 30.7 Å². The van der Waals surface area contributed by atoms with Crippen LogP contribution in [0.2, 0.25) is 5.15 Å². The number of alkyl halides is 3. The zero-order valence-electron chi connectivity index (χ0n) is 20.4. The monoisotopic (exact) mass is 560 g/mol. The predicted octanol–water partition coefficient (Wildman–Crippen LogP) is 5.94. The number of benzene rings is 1. The molecule has 2 saturated carbocycles. The first-order chi connectivity index (χ1) is 17.6. The van der Waals surface area contributed by atoms with E-state index >= 15 is 0 Å². The van der Waals surface area contributed by atoms with Crippen LogP contribution in [0.1, 0.15) is 71.6 Å². The van der Waals surface area contributed by atoms with Crippen LogP contribution in [-0.2, 0) is 19.8 Å². The zero-order chi connectivity index (χ0) is 26.3. The van der Waals surface area contributed by atoms with Gasteiger partial charge in [-0.2, -0.15) is 18.3 Å². The van der Waals surface area contributed by atoms with Crippen LogP contribution in [0.4, 0.5) is 17.6 Å². The van der Waals surface area contributed by atoms with Crippen LogP contribution in [0, 0.1) is 11.7 Å². The number of aryl methyl sites for hydroxylation is 1. The molecule has 202 valence electrons. The van der Waals surface area contributed by atoms with Crippen LogP contribution in [0.5, 0.6) is 5.75 Å². The van der Waals surface area contributed by atoms with Gasteiger partial charge in [0.25, 0.3) is 5.91 Å². The summed E-state index contributed by atoms with van der Waals surface area (Å²) < 4.78 is 64.8. The molecule has 3 aliphatic rings. The lowest BCUT2D eigenvalue weighted by Gasteiger charge is -2.32. The van der Waals surface area contributed by atoms with Gasteiger partial charge >= 0.3 is 6.18 Å². The molecule has 2 aliphatic carbocycles. The van der Waals surface area contributed by atoms with Crippen molar-refractivity contribution in [3.8, 4) is 5.75 Å². The molecule has 0 bridgehead atoms. The number of carbonyl (C=O) groups excluding carboxylic acids is 1. The third kappa shape index (κ3) is 6.37. The number of aromatic nitrogens is 2. The number of nitrogens with one attached hydrogen (secondary N) is 1. The first kappa shape index (κ1) is 26.6. The molecular weight excluding hydrogens is 532 g/mol. The lowest BCUT2D eigenvalue weighted by Crippen LogP contribution is -2.35. The summed E-state index contributed by atoms with van der Waals surface area (Å²) >= 11 is 7.46. The molecule has 12 heteroatoms. The first-order valence-electron chi connectivity index (χ1n) is 12.5. The highest BCUT2D eigenvalue weighted by molar-refractivity contribution is 7.98. The molecule has 1 amide bonds. The van der Waals surface area contributed by atoms with E-state index in [1.54, 1.807) is 6.07 Å². The fourth-order valence-electron chi connectivity index (χ4n) is 4.62. The van der Waals surface area contributed by atoms with Gasteiger partial charge in [0.1, 0.15) is 16.7 Å². The van der Waals surface area contributed by atoms with Gasteiger partial charge in [-0.3, -0.25) is 19.1 Å². The number of piperidine rings is 1. The van der Waals surface area contributed by atoms with Gasteiger partial charge in [-0.1, -0.05) is 11.6 Å². The third-order valence-electron chi connectivity index (χ3n) is 7.10. The molecule has 1 saturated heterocycles. The second-order valence-corrected chi connectivity index (χ2v) is 11.6. The van der Waals surface area contributed by atoms with E-state index in [1.165, 1.54) is 25.1 Å². The Balaban J connectivity index is 1.17. The Kier molecular flexibility index (Phi) is 7.66. The quantitative estimate of drug-likeness (QED) is 0.304. The van der Waals surface area contributed by atoms with Crippen LogP contribution in [0.3, 0.4) is 0 Å². The molecule has 6 nitrogen and oxygen atoms in total. The summed E-state index contributed by atoms with van der Waals surface area (Å²) in [6, 6.07) is 2.95. The van der Waals surface area contributed by atoms with E-state index in [1.807, 2.05) is 4.90 Å². The maximum Gasteiger partial charge on any atom is 0.435 e. The van der Waals surface area contributed by atoms with Gasteiger partial charge in [0.15, 0.2) is 5.69 Å². The Bertz CT molecular complexity index is 1160. The van der Waals surface area contributed by atoms with E-state index in [4.69, 9.17) is 16.3 Å².